The maximum atomic E-state index is 13.4. The number of amides is 1. The SMILES string of the molecule is COc1ccc(OC(=O)N2C[C@@H]3C[C@H]2c2c(O)n(-c4ccc(C#N)c(C(F)(F)F)c4)c(=O)n23)cc1. The molecule has 1 fully saturated rings. The Bertz CT molecular complexity index is 1440. The molecular formula is C23H17F3N4O5. The Morgan fingerprint density at radius 1 is 1.17 bits per heavy atom. The van der Waals surface area contributed by atoms with Crippen LogP contribution in [0, 0.1) is 11.3 Å². The van der Waals surface area contributed by atoms with Crippen molar-refractivity contribution in [3.05, 3.63) is 69.8 Å². The predicted octanol–water partition coefficient (Wildman–Crippen LogP) is 3.74. The van der Waals surface area contributed by atoms with Crippen molar-refractivity contribution in [1.29, 1.82) is 5.26 Å². The Hall–Kier alpha value is -4.40. The number of imidazole rings is 1. The molecule has 0 spiro atoms. The van der Waals surface area contributed by atoms with E-state index >= 15 is 0 Å². The van der Waals surface area contributed by atoms with Crippen molar-refractivity contribution in [3.8, 4) is 29.1 Å². The fourth-order valence-electron chi connectivity index (χ4n) is 4.69. The first-order valence-corrected chi connectivity index (χ1v) is 10.4. The Morgan fingerprint density at radius 3 is 2.49 bits per heavy atom. The minimum absolute atomic E-state index is 0.121. The number of nitriles is 1. The molecule has 3 aromatic rings. The number of carbonyl (C=O) groups is 1. The minimum atomic E-state index is -4.83. The summed E-state index contributed by atoms with van der Waals surface area (Å²) in [5.41, 5.74) is -2.68. The normalized spacial score (nSPS) is 18.3. The molecule has 1 N–H and O–H groups in total. The molecule has 1 amide bonds. The predicted molar refractivity (Wildman–Crippen MR) is 114 cm³/mol. The maximum Gasteiger partial charge on any atom is 0.417 e. The van der Waals surface area contributed by atoms with Crippen LogP contribution in [0.3, 0.4) is 0 Å². The van der Waals surface area contributed by atoms with Crippen molar-refractivity contribution in [2.75, 3.05) is 13.7 Å². The second kappa shape index (κ2) is 7.83. The molecule has 35 heavy (non-hydrogen) atoms. The smallest absolute Gasteiger partial charge is 0.417 e. The first-order valence-electron chi connectivity index (χ1n) is 10.4. The summed E-state index contributed by atoms with van der Waals surface area (Å²) in [6, 6.07) is 9.40. The van der Waals surface area contributed by atoms with Crippen LogP contribution in [0.4, 0.5) is 18.0 Å². The highest BCUT2D eigenvalue weighted by molar-refractivity contribution is 5.72. The van der Waals surface area contributed by atoms with Gasteiger partial charge in [-0.25, -0.2) is 14.2 Å². The van der Waals surface area contributed by atoms with Crippen molar-refractivity contribution in [1.82, 2.24) is 14.0 Å². The highest BCUT2D eigenvalue weighted by atomic mass is 19.4. The maximum absolute atomic E-state index is 13.4. The number of aromatic hydroxyl groups is 1. The van der Waals surface area contributed by atoms with Crippen LogP contribution < -0.4 is 15.2 Å². The van der Waals surface area contributed by atoms with Gasteiger partial charge in [-0.15, -0.1) is 0 Å². The number of likely N-dealkylation sites (tertiary alicyclic amines) is 1. The molecule has 12 heteroatoms. The van der Waals surface area contributed by atoms with Crippen molar-refractivity contribution < 1.29 is 32.5 Å². The zero-order valence-electron chi connectivity index (χ0n) is 18.1. The average Bonchev–Trinajstić information content (AvgIpc) is 3.50. The number of carbonyl (C=O) groups excluding carboxylic acids is 1. The van der Waals surface area contributed by atoms with Crippen molar-refractivity contribution in [2.24, 2.45) is 0 Å². The summed E-state index contributed by atoms with van der Waals surface area (Å²) in [6.07, 6.45) is -5.16. The Kier molecular flexibility index (Phi) is 5.01. The molecule has 1 aromatic heterocycles. The number of methoxy groups -OCH3 is 1. The van der Waals surface area contributed by atoms with Crippen LogP contribution in [-0.2, 0) is 6.18 Å². The van der Waals surface area contributed by atoms with Gasteiger partial charge in [0.25, 0.3) is 0 Å². The fraction of sp³-hybridized carbons (Fsp3) is 0.261. The number of ether oxygens (including phenoxy) is 2. The van der Waals surface area contributed by atoms with Gasteiger partial charge >= 0.3 is 18.0 Å². The van der Waals surface area contributed by atoms with E-state index in [0.717, 1.165) is 16.7 Å². The molecule has 0 unspecified atom stereocenters. The second-order valence-electron chi connectivity index (χ2n) is 8.14. The second-order valence-corrected chi connectivity index (χ2v) is 8.14. The summed E-state index contributed by atoms with van der Waals surface area (Å²) >= 11 is 0. The third-order valence-electron chi connectivity index (χ3n) is 6.24. The molecule has 5 rings (SSSR count). The fourth-order valence-corrected chi connectivity index (χ4v) is 4.69. The number of fused-ring (bicyclic) bond motifs is 5. The van der Waals surface area contributed by atoms with Gasteiger partial charge in [0.05, 0.1) is 42.1 Å². The van der Waals surface area contributed by atoms with E-state index in [9.17, 15) is 27.9 Å². The summed E-state index contributed by atoms with van der Waals surface area (Å²) in [5.74, 6) is 0.286. The molecule has 1 saturated heterocycles. The minimum Gasteiger partial charge on any atom is -0.497 e. The lowest BCUT2D eigenvalue weighted by Gasteiger charge is -2.26. The Morgan fingerprint density at radius 2 is 1.86 bits per heavy atom. The number of aromatic nitrogens is 2. The molecule has 2 aliphatic rings. The molecule has 2 aliphatic heterocycles. The lowest BCUT2D eigenvalue weighted by atomic mass is 10.1. The van der Waals surface area contributed by atoms with Gasteiger partial charge in [-0.05, 0) is 48.9 Å². The zero-order valence-corrected chi connectivity index (χ0v) is 18.1. The average molecular weight is 486 g/mol. The molecule has 0 radical (unpaired) electrons. The van der Waals surface area contributed by atoms with E-state index in [1.807, 2.05) is 0 Å². The van der Waals surface area contributed by atoms with E-state index in [0.29, 0.717) is 18.2 Å². The number of alkyl halides is 3. The number of halogens is 3. The number of nitrogens with zero attached hydrogens (tertiary/aromatic N) is 4. The van der Waals surface area contributed by atoms with E-state index in [-0.39, 0.29) is 23.7 Å². The number of hydrogen-bond donors (Lipinski definition) is 1. The van der Waals surface area contributed by atoms with Crippen LogP contribution in [0.15, 0.2) is 47.3 Å². The van der Waals surface area contributed by atoms with Crippen molar-refractivity contribution >= 4 is 6.09 Å². The Labute approximate surface area is 195 Å². The van der Waals surface area contributed by atoms with Crippen LogP contribution in [0.2, 0.25) is 0 Å². The molecule has 2 bridgehead atoms. The Balaban J connectivity index is 1.48. The number of hydrogen-bond acceptors (Lipinski definition) is 6. The van der Waals surface area contributed by atoms with Gasteiger partial charge in [0.15, 0.2) is 0 Å². The molecule has 2 aromatic carbocycles. The summed E-state index contributed by atoms with van der Waals surface area (Å²) in [7, 11) is 1.50. The lowest BCUT2D eigenvalue weighted by molar-refractivity contribution is -0.137. The summed E-state index contributed by atoms with van der Waals surface area (Å²) in [6.45, 7) is 0.136. The van der Waals surface area contributed by atoms with E-state index in [1.165, 1.54) is 22.6 Å². The zero-order chi connectivity index (χ0) is 25.1. The molecule has 9 nitrogen and oxygen atoms in total. The molecule has 2 atom stereocenters. The van der Waals surface area contributed by atoms with Gasteiger partial charge in [0.2, 0.25) is 5.88 Å². The third kappa shape index (κ3) is 3.47. The molecule has 3 heterocycles. The van der Waals surface area contributed by atoms with Crippen LogP contribution in [0.1, 0.15) is 35.3 Å². The van der Waals surface area contributed by atoms with Gasteiger partial charge in [-0.1, -0.05) is 0 Å². The quantitative estimate of drug-likeness (QED) is 0.604. The van der Waals surface area contributed by atoms with Crippen molar-refractivity contribution in [2.45, 2.75) is 24.7 Å². The monoisotopic (exact) mass is 486 g/mol. The first-order chi connectivity index (χ1) is 16.6. The third-order valence-corrected chi connectivity index (χ3v) is 6.24. The van der Waals surface area contributed by atoms with E-state index in [1.54, 1.807) is 24.3 Å². The topological polar surface area (TPSA) is 110 Å². The van der Waals surface area contributed by atoms with E-state index < -0.39 is 47.0 Å². The summed E-state index contributed by atoms with van der Waals surface area (Å²) < 4.78 is 52.8. The first kappa shape index (κ1) is 22.4. The van der Waals surface area contributed by atoms with Gasteiger partial charge < -0.3 is 14.6 Å². The molecular weight excluding hydrogens is 469 g/mol. The van der Waals surface area contributed by atoms with Crippen LogP contribution in [0.25, 0.3) is 5.69 Å². The summed E-state index contributed by atoms with van der Waals surface area (Å²) in [4.78, 5) is 27.3. The molecule has 0 aliphatic carbocycles. The van der Waals surface area contributed by atoms with Gasteiger partial charge in [0, 0.05) is 6.54 Å². The number of rotatable bonds is 3. The van der Waals surface area contributed by atoms with E-state index in [2.05, 4.69) is 0 Å². The highest BCUT2D eigenvalue weighted by Gasteiger charge is 2.50. The standard InChI is InChI=1S/C23H17F3N4O5/c1-34-15-4-6-16(7-5-15)35-22(33)28-11-14-9-18(28)19-20(31)30(21(32)29(14)19)13-3-2-12(10-27)17(8-13)23(24,25)26/h2-8,14,18,31H,9,11H2,1H3/t14-,18-/m0/s1. The van der Waals surface area contributed by atoms with Crippen LogP contribution in [0.5, 0.6) is 17.4 Å². The van der Waals surface area contributed by atoms with Crippen molar-refractivity contribution in [3.63, 3.8) is 0 Å². The largest absolute Gasteiger partial charge is 0.497 e. The van der Waals surface area contributed by atoms with Crippen LogP contribution in [-0.4, -0.2) is 38.9 Å². The molecule has 0 saturated carbocycles. The van der Waals surface area contributed by atoms with Gasteiger partial charge in [-0.3, -0.25) is 9.47 Å². The van der Waals surface area contributed by atoms with E-state index in [4.69, 9.17) is 14.7 Å². The molecule has 180 valence electrons. The van der Waals surface area contributed by atoms with Crippen LogP contribution >= 0.6 is 0 Å². The highest BCUT2D eigenvalue weighted by Crippen LogP contribution is 2.49. The summed E-state index contributed by atoms with van der Waals surface area (Å²) in [5, 5.41) is 19.9. The lowest BCUT2D eigenvalue weighted by Crippen LogP contribution is -2.39. The van der Waals surface area contributed by atoms with Gasteiger partial charge in [-0.2, -0.15) is 18.4 Å². The number of benzene rings is 2. The van der Waals surface area contributed by atoms with Gasteiger partial charge in [0.1, 0.15) is 17.2 Å².